The first-order chi connectivity index (χ1) is 12.4. The predicted octanol–water partition coefficient (Wildman–Crippen LogP) is 4.14. The van der Waals surface area contributed by atoms with Gasteiger partial charge in [0.1, 0.15) is 11.4 Å². The number of nitrogens with one attached hydrogen (secondary N) is 1. The smallest absolute Gasteiger partial charge is 0.243 e. The van der Waals surface area contributed by atoms with E-state index in [0.717, 1.165) is 35.2 Å². The van der Waals surface area contributed by atoms with Crippen LogP contribution in [-0.2, 0) is 4.74 Å². The zero-order valence-corrected chi connectivity index (χ0v) is 15.9. The van der Waals surface area contributed by atoms with Crippen LogP contribution < -0.4 is 5.32 Å². The molecule has 3 heterocycles. The highest BCUT2D eigenvalue weighted by Gasteiger charge is 2.29. The third-order valence-electron chi connectivity index (χ3n) is 4.75. The van der Waals surface area contributed by atoms with E-state index in [2.05, 4.69) is 34.3 Å². The molecule has 0 spiro atoms. The van der Waals surface area contributed by atoms with Crippen molar-refractivity contribution in [3.05, 3.63) is 29.3 Å². The molecular weight excluding hydrogens is 348 g/mol. The molecule has 1 unspecified atom stereocenters. The second-order valence-electron chi connectivity index (χ2n) is 7.31. The molecule has 1 atom stereocenters. The Morgan fingerprint density at radius 3 is 2.88 bits per heavy atom. The predicted molar refractivity (Wildman–Crippen MR) is 104 cm³/mol. The molecule has 4 rings (SSSR count). The molecule has 0 bridgehead atoms. The Balaban J connectivity index is 1.60. The summed E-state index contributed by atoms with van der Waals surface area (Å²) < 4.78 is 6.80. The second kappa shape index (κ2) is 6.48. The van der Waals surface area contributed by atoms with Crippen molar-refractivity contribution in [3.8, 4) is 17.0 Å². The monoisotopic (exact) mass is 370 g/mol. The maximum Gasteiger partial charge on any atom is 0.243 e. The van der Waals surface area contributed by atoms with Crippen molar-refractivity contribution in [1.29, 1.82) is 0 Å². The highest BCUT2D eigenvalue weighted by Crippen LogP contribution is 2.38. The quantitative estimate of drug-likeness (QED) is 0.721. The number of hydrogen-bond donors (Lipinski definition) is 2. The summed E-state index contributed by atoms with van der Waals surface area (Å²) in [6, 6.07) is 6.05. The maximum absolute atomic E-state index is 10.6. The Morgan fingerprint density at radius 2 is 2.12 bits per heavy atom. The van der Waals surface area contributed by atoms with Gasteiger partial charge in [0.05, 0.1) is 11.3 Å². The lowest BCUT2D eigenvalue weighted by molar-refractivity contribution is -0.0554. The first-order valence-electron chi connectivity index (χ1n) is 8.74. The standard InChI is InChI=1S/C19H22N4O2S/c1-11-16(14-4-5-15-13(17(14)24)7-9-26-15)22-23-18(20-11)21-12-6-8-25-19(2,3)10-12/h4-5,7,9,12,24H,6,8,10H2,1-3H3,(H,20,21,23). The van der Waals surface area contributed by atoms with E-state index in [1.807, 2.05) is 30.5 Å². The van der Waals surface area contributed by atoms with Gasteiger partial charge in [0.15, 0.2) is 0 Å². The van der Waals surface area contributed by atoms with E-state index in [9.17, 15) is 5.11 Å². The molecule has 7 heteroatoms. The fraction of sp³-hybridized carbons (Fsp3) is 0.421. The number of fused-ring (bicyclic) bond motifs is 1. The van der Waals surface area contributed by atoms with Crippen molar-refractivity contribution in [1.82, 2.24) is 15.2 Å². The first-order valence-corrected chi connectivity index (χ1v) is 9.62. The lowest BCUT2D eigenvalue weighted by Crippen LogP contribution is -2.40. The molecule has 1 fully saturated rings. The summed E-state index contributed by atoms with van der Waals surface area (Å²) in [5.74, 6) is 0.750. The van der Waals surface area contributed by atoms with Crippen molar-refractivity contribution < 1.29 is 9.84 Å². The molecule has 1 aromatic carbocycles. The molecule has 26 heavy (non-hydrogen) atoms. The van der Waals surface area contributed by atoms with Gasteiger partial charge in [-0.2, -0.15) is 0 Å². The van der Waals surface area contributed by atoms with E-state index in [4.69, 9.17) is 4.74 Å². The molecule has 1 aliphatic rings. The fourth-order valence-corrected chi connectivity index (χ4v) is 4.26. The number of aromatic nitrogens is 3. The summed E-state index contributed by atoms with van der Waals surface area (Å²) in [6.07, 6.45) is 1.82. The van der Waals surface area contributed by atoms with Gasteiger partial charge < -0.3 is 15.2 Å². The number of hydrogen-bond acceptors (Lipinski definition) is 7. The summed E-state index contributed by atoms with van der Waals surface area (Å²) in [6.45, 7) is 6.80. The molecule has 1 aliphatic heterocycles. The zero-order valence-electron chi connectivity index (χ0n) is 15.1. The second-order valence-corrected chi connectivity index (χ2v) is 8.25. The van der Waals surface area contributed by atoms with Crippen molar-refractivity contribution in [2.24, 2.45) is 0 Å². The molecule has 1 saturated heterocycles. The number of phenols is 1. The number of ether oxygens (including phenoxy) is 1. The maximum atomic E-state index is 10.6. The minimum absolute atomic E-state index is 0.139. The summed E-state index contributed by atoms with van der Waals surface area (Å²) in [5, 5.41) is 25.3. The molecule has 136 valence electrons. The largest absolute Gasteiger partial charge is 0.507 e. The molecular formula is C19H22N4O2S. The van der Waals surface area contributed by atoms with Crippen LogP contribution in [-0.4, -0.2) is 38.5 Å². The highest BCUT2D eigenvalue weighted by molar-refractivity contribution is 7.17. The Kier molecular flexibility index (Phi) is 4.28. The van der Waals surface area contributed by atoms with Gasteiger partial charge in [-0.05, 0) is 57.2 Å². The van der Waals surface area contributed by atoms with Crippen LogP contribution >= 0.6 is 11.3 Å². The molecule has 0 saturated carbocycles. The van der Waals surface area contributed by atoms with Crippen LogP contribution in [0, 0.1) is 6.92 Å². The zero-order chi connectivity index (χ0) is 18.3. The van der Waals surface area contributed by atoms with Crippen LogP contribution in [0.4, 0.5) is 5.95 Å². The number of nitrogens with zero attached hydrogens (tertiary/aromatic N) is 3. The molecule has 2 N–H and O–H groups in total. The molecule has 0 aliphatic carbocycles. The average molecular weight is 370 g/mol. The molecule has 2 aromatic heterocycles. The summed E-state index contributed by atoms with van der Waals surface area (Å²) in [4.78, 5) is 4.57. The van der Waals surface area contributed by atoms with E-state index in [0.29, 0.717) is 17.2 Å². The van der Waals surface area contributed by atoms with Gasteiger partial charge in [-0.1, -0.05) is 0 Å². The number of rotatable bonds is 3. The van der Waals surface area contributed by atoms with E-state index in [1.165, 1.54) is 0 Å². The first kappa shape index (κ1) is 17.2. The fourth-order valence-electron chi connectivity index (χ4n) is 3.47. The van der Waals surface area contributed by atoms with E-state index in [-0.39, 0.29) is 17.4 Å². The van der Waals surface area contributed by atoms with Crippen LogP contribution in [0.5, 0.6) is 5.75 Å². The molecule has 3 aromatic rings. The number of aromatic hydroxyl groups is 1. The van der Waals surface area contributed by atoms with Gasteiger partial charge in [0.25, 0.3) is 0 Å². The van der Waals surface area contributed by atoms with Gasteiger partial charge >= 0.3 is 0 Å². The summed E-state index contributed by atoms with van der Waals surface area (Å²) in [7, 11) is 0. The van der Waals surface area contributed by atoms with Crippen molar-refractivity contribution in [3.63, 3.8) is 0 Å². The SMILES string of the molecule is Cc1nc(NC2CCOC(C)(C)C2)nnc1-c1ccc2sccc2c1O. The number of aryl methyl sites for hydroxylation is 1. The highest BCUT2D eigenvalue weighted by atomic mass is 32.1. The summed E-state index contributed by atoms with van der Waals surface area (Å²) in [5.41, 5.74) is 1.86. The van der Waals surface area contributed by atoms with Gasteiger partial charge in [0, 0.05) is 28.3 Å². The van der Waals surface area contributed by atoms with Gasteiger partial charge in [0.2, 0.25) is 5.95 Å². The number of thiophene rings is 1. The molecule has 6 nitrogen and oxygen atoms in total. The molecule has 0 radical (unpaired) electrons. The minimum Gasteiger partial charge on any atom is -0.507 e. The lowest BCUT2D eigenvalue weighted by atomic mass is 9.94. The van der Waals surface area contributed by atoms with Crippen molar-refractivity contribution >= 4 is 27.4 Å². The van der Waals surface area contributed by atoms with Crippen molar-refractivity contribution in [2.45, 2.75) is 45.3 Å². The Hall–Kier alpha value is -2.25. The van der Waals surface area contributed by atoms with Gasteiger partial charge in [-0.15, -0.1) is 21.5 Å². The average Bonchev–Trinajstić information content (AvgIpc) is 3.05. The third-order valence-corrected chi connectivity index (χ3v) is 5.64. The van der Waals surface area contributed by atoms with E-state index in [1.54, 1.807) is 11.3 Å². The lowest BCUT2D eigenvalue weighted by Gasteiger charge is -2.35. The number of anilines is 1. The van der Waals surface area contributed by atoms with Crippen LogP contribution in [0.2, 0.25) is 0 Å². The van der Waals surface area contributed by atoms with Gasteiger partial charge in [-0.3, -0.25) is 0 Å². The number of benzene rings is 1. The van der Waals surface area contributed by atoms with Crippen molar-refractivity contribution in [2.75, 3.05) is 11.9 Å². The summed E-state index contributed by atoms with van der Waals surface area (Å²) >= 11 is 1.60. The molecule has 0 amide bonds. The van der Waals surface area contributed by atoms with Crippen LogP contribution in [0.15, 0.2) is 23.6 Å². The minimum atomic E-state index is -0.139. The van der Waals surface area contributed by atoms with Crippen LogP contribution in [0.1, 0.15) is 32.4 Å². The normalized spacial score (nSPS) is 19.6. The third kappa shape index (κ3) is 3.24. The van der Waals surface area contributed by atoms with Crippen LogP contribution in [0.25, 0.3) is 21.3 Å². The Morgan fingerprint density at radius 1 is 1.27 bits per heavy atom. The topological polar surface area (TPSA) is 80.2 Å². The van der Waals surface area contributed by atoms with Gasteiger partial charge in [-0.25, -0.2) is 4.98 Å². The van der Waals surface area contributed by atoms with Crippen LogP contribution in [0.3, 0.4) is 0 Å². The Labute approximate surface area is 156 Å². The van der Waals surface area contributed by atoms with E-state index >= 15 is 0 Å². The number of phenolic OH excluding ortho intramolecular Hbond substituents is 1. The Bertz CT molecular complexity index is 954. The van der Waals surface area contributed by atoms with E-state index < -0.39 is 0 Å².